The summed E-state index contributed by atoms with van der Waals surface area (Å²) in [4.78, 5) is 4.49. The van der Waals surface area contributed by atoms with Crippen molar-refractivity contribution in [2.75, 3.05) is 5.73 Å². The Bertz CT molecular complexity index is 749. The van der Waals surface area contributed by atoms with Gasteiger partial charge in [0.05, 0.1) is 5.69 Å². The second kappa shape index (κ2) is 4.70. The molecule has 3 nitrogen and oxygen atoms in total. The van der Waals surface area contributed by atoms with Gasteiger partial charge in [-0.2, -0.15) is 0 Å². The summed E-state index contributed by atoms with van der Waals surface area (Å²) in [5, 5.41) is 0. The summed E-state index contributed by atoms with van der Waals surface area (Å²) in [6, 6.07) is 12.0. The van der Waals surface area contributed by atoms with E-state index in [0.29, 0.717) is 23.6 Å². The molecule has 4 heteroatoms. The summed E-state index contributed by atoms with van der Waals surface area (Å²) in [6.45, 7) is 2.09. The van der Waals surface area contributed by atoms with Crippen LogP contribution in [-0.4, -0.2) is 4.98 Å². The van der Waals surface area contributed by atoms with E-state index >= 15 is 0 Å². The SMILES string of the molecule is Cc1ccccc1Cc1nc2cc(Br)cc(N)c2o1. The quantitative estimate of drug-likeness (QED) is 0.725. The number of benzene rings is 2. The van der Waals surface area contributed by atoms with E-state index < -0.39 is 0 Å². The Morgan fingerprint density at radius 3 is 2.84 bits per heavy atom. The van der Waals surface area contributed by atoms with E-state index in [9.17, 15) is 0 Å². The number of hydrogen-bond donors (Lipinski definition) is 1. The lowest BCUT2D eigenvalue weighted by Gasteiger charge is -2.01. The molecule has 0 aliphatic carbocycles. The Labute approximate surface area is 119 Å². The maximum absolute atomic E-state index is 5.93. The minimum absolute atomic E-state index is 0.605. The van der Waals surface area contributed by atoms with Crippen molar-refractivity contribution in [3.05, 3.63) is 57.9 Å². The number of aromatic nitrogens is 1. The van der Waals surface area contributed by atoms with E-state index in [1.807, 2.05) is 24.3 Å². The Kier molecular flexibility index (Phi) is 3.03. The fourth-order valence-electron chi connectivity index (χ4n) is 2.12. The van der Waals surface area contributed by atoms with Crippen LogP contribution in [0.15, 0.2) is 45.3 Å². The normalized spacial score (nSPS) is 11.1. The van der Waals surface area contributed by atoms with E-state index in [-0.39, 0.29) is 0 Å². The van der Waals surface area contributed by atoms with Crippen LogP contribution >= 0.6 is 15.9 Å². The van der Waals surface area contributed by atoms with Gasteiger partial charge < -0.3 is 10.2 Å². The molecule has 3 aromatic rings. The molecule has 2 aromatic carbocycles. The molecule has 0 radical (unpaired) electrons. The summed E-state index contributed by atoms with van der Waals surface area (Å²) >= 11 is 3.41. The number of oxazole rings is 1. The number of nitrogens with two attached hydrogens (primary N) is 1. The molecule has 19 heavy (non-hydrogen) atoms. The zero-order valence-corrected chi connectivity index (χ0v) is 12.1. The number of hydrogen-bond acceptors (Lipinski definition) is 3. The fraction of sp³-hybridized carbons (Fsp3) is 0.133. The van der Waals surface area contributed by atoms with Gasteiger partial charge in [0.1, 0.15) is 5.52 Å². The molecule has 96 valence electrons. The van der Waals surface area contributed by atoms with Crippen molar-refractivity contribution in [3.63, 3.8) is 0 Å². The van der Waals surface area contributed by atoms with Crippen molar-refractivity contribution in [2.24, 2.45) is 0 Å². The highest BCUT2D eigenvalue weighted by Crippen LogP contribution is 2.27. The van der Waals surface area contributed by atoms with Crippen LogP contribution in [0.25, 0.3) is 11.1 Å². The second-order valence-electron chi connectivity index (χ2n) is 4.55. The van der Waals surface area contributed by atoms with Gasteiger partial charge >= 0.3 is 0 Å². The van der Waals surface area contributed by atoms with Gasteiger partial charge in [-0.25, -0.2) is 4.98 Å². The number of rotatable bonds is 2. The average molecular weight is 317 g/mol. The minimum Gasteiger partial charge on any atom is -0.438 e. The molecule has 1 aromatic heterocycles. The van der Waals surface area contributed by atoms with Crippen LogP contribution in [0.5, 0.6) is 0 Å². The smallest absolute Gasteiger partial charge is 0.200 e. The van der Waals surface area contributed by atoms with Gasteiger partial charge in [0.15, 0.2) is 11.5 Å². The van der Waals surface area contributed by atoms with Crippen LogP contribution in [0.3, 0.4) is 0 Å². The highest BCUT2D eigenvalue weighted by atomic mass is 79.9. The molecule has 0 saturated heterocycles. The molecular formula is C15H13BrN2O. The molecule has 3 rings (SSSR count). The second-order valence-corrected chi connectivity index (χ2v) is 5.47. The Hall–Kier alpha value is -1.81. The van der Waals surface area contributed by atoms with Gasteiger partial charge in [-0.05, 0) is 30.2 Å². The standard InChI is InChI=1S/C15H13BrN2O/c1-9-4-2-3-5-10(9)6-14-18-13-8-11(16)7-12(17)15(13)19-14/h2-5,7-8H,6,17H2,1H3. The number of halogens is 1. The van der Waals surface area contributed by atoms with Crippen molar-refractivity contribution >= 4 is 32.7 Å². The number of aryl methyl sites for hydroxylation is 1. The zero-order chi connectivity index (χ0) is 13.4. The monoisotopic (exact) mass is 316 g/mol. The van der Waals surface area contributed by atoms with Gasteiger partial charge in [0, 0.05) is 10.9 Å². The molecule has 0 spiro atoms. The molecule has 0 saturated carbocycles. The summed E-state index contributed by atoms with van der Waals surface area (Å²) in [6.07, 6.45) is 0.679. The molecule has 0 aliphatic heterocycles. The third-order valence-corrected chi connectivity index (χ3v) is 3.59. The maximum atomic E-state index is 5.93. The van der Waals surface area contributed by atoms with Crippen molar-refractivity contribution in [3.8, 4) is 0 Å². The van der Waals surface area contributed by atoms with E-state index in [4.69, 9.17) is 10.2 Å². The van der Waals surface area contributed by atoms with Crippen molar-refractivity contribution in [1.82, 2.24) is 4.98 Å². The minimum atomic E-state index is 0.605. The lowest BCUT2D eigenvalue weighted by Crippen LogP contribution is -1.91. The maximum Gasteiger partial charge on any atom is 0.200 e. The molecule has 1 heterocycles. The third-order valence-electron chi connectivity index (χ3n) is 3.13. The van der Waals surface area contributed by atoms with Crippen LogP contribution in [0.4, 0.5) is 5.69 Å². The van der Waals surface area contributed by atoms with Gasteiger partial charge in [-0.15, -0.1) is 0 Å². The molecule has 0 aliphatic rings. The van der Waals surface area contributed by atoms with Crippen LogP contribution in [0.1, 0.15) is 17.0 Å². The number of anilines is 1. The molecule has 0 atom stereocenters. The molecule has 0 amide bonds. The number of nitrogens with zero attached hydrogens (tertiary/aromatic N) is 1. The lowest BCUT2D eigenvalue weighted by molar-refractivity contribution is 0.544. The third kappa shape index (κ3) is 2.36. The summed E-state index contributed by atoms with van der Waals surface area (Å²) < 4.78 is 6.67. The van der Waals surface area contributed by atoms with E-state index in [2.05, 4.69) is 40.0 Å². The Balaban J connectivity index is 2.03. The van der Waals surface area contributed by atoms with Crippen molar-refractivity contribution < 1.29 is 4.42 Å². The van der Waals surface area contributed by atoms with Gasteiger partial charge in [-0.3, -0.25) is 0 Å². The van der Waals surface area contributed by atoms with Crippen molar-refractivity contribution in [1.29, 1.82) is 0 Å². The number of nitrogen functional groups attached to an aromatic ring is 1. The molecule has 0 unspecified atom stereocenters. The van der Waals surface area contributed by atoms with Crippen LogP contribution in [0, 0.1) is 6.92 Å². The average Bonchev–Trinajstić information content (AvgIpc) is 2.75. The van der Waals surface area contributed by atoms with Crippen LogP contribution in [-0.2, 0) is 6.42 Å². The first-order valence-corrected chi connectivity index (χ1v) is 6.82. The summed E-state index contributed by atoms with van der Waals surface area (Å²) in [5.41, 5.74) is 10.4. The highest BCUT2D eigenvalue weighted by Gasteiger charge is 2.11. The van der Waals surface area contributed by atoms with Crippen LogP contribution in [0.2, 0.25) is 0 Å². The van der Waals surface area contributed by atoms with Crippen LogP contribution < -0.4 is 5.73 Å². The van der Waals surface area contributed by atoms with E-state index in [0.717, 1.165) is 9.99 Å². The Morgan fingerprint density at radius 1 is 1.26 bits per heavy atom. The Morgan fingerprint density at radius 2 is 2.05 bits per heavy atom. The van der Waals surface area contributed by atoms with Gasteiger partial charge in [0.25, 0.3) is 0 Å². The van der Waals surface area contributed by atoms with Crippen molar-refractivity contribution in [2.45, 2.75) is 13.3 Å². The largest absolute Gasteiger partial charge is 0.438 e. The summed E-state index contributed by atoms with van der Waals surface area (Å²) in [5.74, 6) is 0.689. The first-order valence-electron chi connectivity index (χ1n) is 6.02. The molecule has 0 bridgehead atoms. The predicted molar refractivity (Wildman–Crippen MR) is 80.1 cm³/mol. The first kappa shape index (κ1) is 12.2. The number of fused-ring (bicyclic) bond motifs is 1. The first-order chi connectivity index (χ1) is 9.13. The van der Waals surface area contributed by atoms with Gasteiger partial charge in [0.2, 0.25) is 0 Å². The summed E-state index contributed by atoms with van der Waals surface area (Å²) in [7, 11) is 0. The lowest BCUT2D eigenvalue weighted by atomic mass is 10.1. The fourth-order valence-corrected chi connectivity index (χ4v) is 2.58. The highest BCUT2D eigenvalue weighted by molar-refractivity contribution is 9.10. The van der Waals surface area contributed by atoms with E-state index in [1.165, 1.54) is 11.1 Å². The molecular weight excluding hydrogens is 304 g/mol. The predicted octanol–water partition coefficient (Wildman–Crippen LogP) is 4.07. The molecule has 2 N–H and O–H groups in total. The topological polar surface area (TPSA) is 52.0 Å². The van der Waals surface area contributed by atoms with Gasteiger partial charge in [-0.1, -0.05) is 40.2 Å². The molecule has 0 fully saturated rings. The van der Waals surface area contributed by atoms with E-state index in [1.54, 1.807) is 0 Å². The zero-order valence-electron chi connectivity index (χ0n) is 10.5.